The third-order valence-corrected chi connectivity index (χ3v) is 0. The zero-order chi connectivity index (χ0) is 7.15. The molecule has 0 N–H and O–H groups in total. The third-order valence-electron chi connectivity index (χ3n) is 0. The predicted octanol–water partition coefficient (Wildman–Crippen LogP) is -2.38. The van der Waals surface area contributed by atoms with Gasteiger partial charge in [-0.25, -0.2) is 0 Å². The van der Waals surface area contributed by atoms with E-state index in [1.807, 2.05) is 0 Å². The molecule has 0 spiro atoms. The minimum Gasteiger partial charge on any atom is -0.550 e. The van der Waals surface area contributed by atoms with Crippen LogP contribution in [0.2, 0.25) is 0 Å². The van der Waals surface area contributed by atoms with Crippen LogP contribution in [0.4, 0.5) is 0 Å². The van der Waals surface area contributed by atoms with E-state index in [0.717, 1.165) is 13.8 Å². The van der Waals surface area contributed by atoms with Crippen LogP contribution in [0, 0.1) is 0 Å². The summed E-state index contributed by atoms with van der Waals surface area (Å²) in [5.74, 6) is -2.17. The third kappa shape index (κ3) is 50400. The van der Waals surface area contributed by atoms with E-state index in [0.29, 0.717) is 0 Å². The van der Waals surface area contributed by atoms with Gasteiger partial charge in [0.25, 0.3) is 0 Å². The zero-order valence-electron chi connectivity index (χ0n) is 5.84. The van der Waals surface area contributed by atoms with Crippen molar-refractivity contribution in [1.82, 2.24) is 0 Å². The molecule has 0 unspecified atom stereocenters. The maximum absolute atomic E-state index is 8.89. The Morgan fingerprint density at radius 3 is 1.00 bits per heavy atom. The molecule has 4 nitrogen and oxygen atoms in total. The first kappa shape index (κ1) is 22.5. The minimum atomic E-state index is -1.08. The van der Waals surface area contributed by atoms with Gasteiger partial charge in [0.15, 0.2) is 0 Å². The van der Waals surface area contributed by atoms with E-state index >= 15 is 0 Å². The van der Waals surface area contributed by atoms with Crippen LogP contribution in [0.25, 0.3) is 0 Å². The molecule has 10 heavy (non-hydrogen) atoms. The van der Waals surface area contributed by atoms with E-state index in [1.54, 1.807) is 0 Å². The summed E-state index contributed by atoms with van der Waals surface area (Å²) in [5, 5.41) is 17.8. The Morgan fingerprint density at radius 1 is 1.00 bits per heavy atom. The number of hydrogen-bond acceptors (Lipinski definition) is 4. The summed E-state index contributed by atoms with van der Waals surface area (Å²) in [5.41, 5.74) is 0. The Balaban J connectivity index is -0.0000000300. The molecule has 0 rings (SSSR count). The smallest absolute Gasteiger partial charge is 0.550 e. The van der Waals surface area contributed by atoms with Gasteiger partial charge >= 0.3 is 19.5 Å². The van der Waals surface area contributed by atoms with Gasteiger partial charge in [-0.3, -0.25) is 0 Å². The first-order valence-electron chi connectivity index (χ1n) is 1.82. The Hall–Kier alpha value is -0.0866. The molecule has 0 atom stereocenters. The maximum atomic E-state index is 8.89. The fourth-order valence-corrected chi connectivity index (χ4v) is 0. The van der Waals surface area contributed by atoms with Crippen LogP contribution < -0.4 is 10.2 Å². The maximum Gasteiger partial charge on any atom is 2.00 e. The second-order valence-corrected chi connectivity index (χ2v) is 0.983. The van der Waals surface area contributed by atoms with Crippen LogP contribution in [0.3, 0.4) is 0 Å². The number of carboxylic acid groups (broad SMARTS) is 2. The molecule has 6 heteroatoms. The van der Waals surface area contributed by atoms with Crippen molar-refractivity contribution in [2.24, 2.45) is 0 Å². The van der Waals surface area contributed by atoms with Crippen LogP contribution in [-0.2, 0) is 29.1 Å². The molecule has 0 aromatic heterocycles. The predicted molar refractivity (Wildman–Crippen MR) is 31.7 cm³/mol. The minimum absolute atomic E-state index is 0. The first-order valence-corrected chi connectivity index (χ1v) is 1.82. The largest absolute Gasteiger partial charge is 2.00 e. The van der Waals surface area contributed by atoms with E-state index < -0.39 is 11.9 Å². The zero-order valence-corrected chi connectivity index (χ0v) is 9.81. The average Bonchev–Trinajstić information content (AvgIpc) is 1.25. The average molecular weight is 218 g/mol. The van der Waals surface area contributed by atoms with Crippen LogP contribution in [-0.4, -0.2) is 11.9 Å². The number of carbonyl (C=O) groups is 2. The van der Waals surface area contributed by atoms with E-state index in [1.165, 1.54) is 0 Å². The molecule has 0 aliphatic rings. The summed E-state index contributed by atoms with van der Waals surface area (Å²) in [4.78, 5) is 17.8. The summed E-state index contributed by atoms with van der Waals surface area (Å²) in [6, 6.07) is 0. The number of rotatable bonds is 0. The van der Waals surface area contributed by atoms with Gasteiger partial charge in [-0.05, 0) is 13.8 Å². The van der Waals surface area contributed by atoms with Crippen molar-refractivity contribution in [3.8, 4) is 0 Å². The second kappa shape index (κ2) is 16.0. The van der Waals surface area contributed by atoms with Crippen molar-refractivity contribution in [2.45, 2.75) is 13.8 Å². The SMILES string of the molecule is CC(=O)[O-].CC(=O)[O-].S.[Zn+2]. The molecule has 56 valence electrons. The van der Waals surface area contributed by atoms with Crippen molar-refractivity contribution >= 4 is 25.4 Å². The number of aliphatic carboxylic acids is 2. The Kier molecular flexibility index (Phi) is 36.0. The molecular weight excluding hydrogens is 209 g/mol. The van der Waals surface area contributed by atoms with Gasteiger partial charge in [0, 0.05) is 11.9 Å². The molecule has 0 radical (unpaired) electrons. The van der Waals surface area contributed by atoms with Crippen molar-refractivity contribution < 1.29 is 39.3 Å². The van der Waals surface area contributed by atoms with Gasteiger partial charge in [0.05, 0.1) is 0 Å². The normalized spacial score (nSPS) is 5.00. The van der Waals surface area contributed by atoms with Gasteiger partial charge < -0.3 is 19.8 Å². The fraction of sp³-hybridized carbons (Fsp3) is 0.500. The molecular formula is C4H8O4SZn. The molecule has 0 aliphatic carbocycles. The number of carboxylic acids is 2. The quantitative estimate of drug-likeness (QED) is 0.425. The Morgan fingerprint density at radius 2 is 1.00 bits per heavy atom. The van der Waals surface area contributed by atoms with Gasteiger partial charge in [0.2, 0.25) is 0 Å². The van der Waals surface area contributed by atoms with Crippen LogP contribution in [0.1, 0.15) is 13.8 Å². The van der Waals surface area contributed by atoms with Gasteiger partial charge in [-0.2, -0.15) is 13.5 Å². The molecule has 0 aromatic rings. The van der Waals surface area contributed by atoms with Crippen LogP contribution in [0.15, 0.2) is 0 Å². The summed E-state index contributed by atoms with van der Waals surface area (Å²) in [6.45, 7) is 1.94. The molecule has 0 bridgehead atoms. The Bertz CT molecular complexity index is 75.3. The van der Waals surface area contributed by atoms with E-state index in [2.05, 4.69) is 0 Å². The van der Waals surface area contributed by atoms with Crippen LogP contribution >= 0.6 is 13.5 Å². The molecule has 0 aromatic carbocycles. The van der Waals surface area contributed by atoms with Crippen LogP contribution in [0.5, 0.6) is 0 Å². The molecule has 0 heterocycles. The summed E-state index contributed by atoms with van der Waals surface area (Å²) in [7, 11) is 0. The number of hydrogen-bond donors (Lipinski definition) is 0. The summed E-state index contributed by atoms with van der Waals surface area (Å²) in [6.07, 6.45) is 0. The molecule has 0 saturated carbocycles. The number of carbonyl (C=O) groups excluding carboxylic acids is 2. The monoisotopic (exact) mass is 216 g/mol. The molecule has 0 saturated heterocycles. The summed E-state index contributed by atoms with van der Waals surface area (Å²) >= 11 is 0. The van der Waals surface area contributed by atoms with E-state index in [-0.39, 0.29) is 33.0 Å². The topological polar surface area (TPSA) is 80.3 Å². The van der Waals surface area contributed by atoms with Crippen molar-refractivity contribution in [3.63, 3.8) is 0 Å². The van der Waals surface area contributed by atoms with E-state index in [4.69, 9.17) is 19.8 Å². The molecule has 0 amide bonds. The fourth-order valence-electron chi connectivity index (χ4n) is 0. The molecule has 0 fully saturated rings. The van der Waals surface area contributed by atoms with Gasteiger partial charge in [-0.15, -0.1) is 0 Å². The first-order chi connectivity index (χ1) is 3.46. The van der Waals surface area contributed by atoms with Crippen molar-refractivity contribution in [2.75, 3.05) is 0 Å². The van der Waals surface area contributed by atoms with Gasteiger partial charge in [-0.1, -0.05) is 0 Å². The standard InChI is InChI=1S/2C2H4O2.H2S.Zn/c2*1-2(3)4;;/h2*1H3,(H,3,4);1H2;/q;;;+2/p-2. The van der Waals surface area contributed by atoms with Gasteiger partial charge in [0.1, 0.15) is 0 Å². The Labute approximate surface area is 78.8 Å². The molecule has 0 aliphatic heterocycles. The van der Waals surface area contributed by atoms with Crippen molar-refractivity contribution in [1.29, 1.82) is 0 Å². The summed E-state index contributed by atoms with van der Waals surface area (Å²) < 4.78 is 0. The second-order valence-electron chi connectivity index (χ2n) is 0.983. The van der Waals surface area contributed by atoms with Crippen molar-refractivity contribution in [3.05, 3.63) is 0 Å². The van der Waals surface area contributed by atoms with E-state index in [9.17, 15) is 0 Å².